The maximum absolute atomic E-state index is 11.0. The number of nitrogens with one attached hydrogen (secondary N) is 2. The normalized spacial score (nSPS) is 8.94. The molecule has 0 aliphatic carbocycles. The Bertz CT molecular complexity index is 275. The van der Waals surface area contributed by atoms with Crippen molar-refractivity contribution in [1.82, 2.24) is 10.6 Å². The molecular weight excluding hydrogens is 224 g/mol. The minimum absolute atomic E-state index is 0.102. The Kier molecular flexibility index (Phi) is 12.6. The van der Waals surface area contributed by atoms with Crippen LogP contribution in [0.4, 0.5) is 0 Å². The predicted octanol–water partition coefficient (Wildman–Crippen LogP) is -0.00590. The van der Waals surface area contributed by atoms with E-state index in [1.165, 1.54) is 13.2 Å². The summed E-state index contributed by atoms with van der Waals surface area (Å²) in [6.07, 6.45) is 2.56. The van der Waals surface area contributed by atoms with Gasteiger partial charge in [0.15, 0.2) is 0 Å². The lowest BCUT2D eigenvalue weighted by Gasteiger charge is -2.01. The van der Waals surface area contributed by atoms with Gasteiger partial charge >= 0.3 is 17.8 Å². The van der Waals surface area contributed by atoms with Gasteiger partial charge in [-0.2, -0.15) is 0 Å². The highest BCUT2D eigenvalue weighted by atomic mass is 16.5. The molecule has 0 unspecified atom stereocenters. The summed E-state index contributed by atoms with van der Waals surface area (Å²) in [6.45, 7) is 6.21. The van der Waals surface area contributed by atoms with E-state index in [2.05, 4.69) is 15.4 Å². The van der Waals surface area contributed by atoms with Gasteiger partial charge in [-0.05, 0) is 6.92 Å². The minimum atomic E-state index is -0.730. The molecule has 0 rings (SSSR count). The fourth-order valence-corrected chi connectivity index (χ4v) is 0.696. The predicted molar refractivity (Wildman–Crippen MR) is 64.2 cm³/mol. The molecule has 0 aromatic heterocycles. The molecule has 0 radical (unpaired) electrons. The fourth-order valence-electron chi connectivity index (χ4n) is 0.696. The summed E-state index contributed by atoms with van der Waals surface area (Å²) in [7, 11) is 1.25. The van der Waals surface area contributed by atoms with Gasteiger partial charge in [0.1, 0.15) is 0 Å². The zero-order chi connectivity index (χ0) is 13.7. The van der Waals surface area contributed by atoms with Gasteiger partial charge < -0.3 is 15.4 Å². The van der Waals surface area contributed by atoms with Crippen molar-refractivity contribution in [3.63, 3.8) is 0 Å². The first-order valence-electron chi connectivity index (χ1n) is 5.42. The fraction of sp³-hybridized carbons (Fsp3) is 0.545. The monoisotopic (exact) mass is 244 g/mol. The number of hydrogen-bond acceptors (Lipinski definition) is 4. The maximum Gasteiger partial charge on any atom is 0.330 e. The van der Waals surface area contributed by atoms with Gasteiger partial charge in [-0.25, -0.2) is 4.79 Å². The quantitative estimate of drug-likeness (QED) is 0.414. The van der Waals surface area contributed by atoms with Gasteiger partial charge in [-0.3, -0.25) is 9.59 Å². The van der Waals surface area contributed by atoms with Crippen molar-refractivity contribution in [3.8, 4) is 0 Å². The van der Waals surface area contributed by atoms with Crippen LogP contribution in [0.3, 0.4) is 0 Å². The molecular formula is C11H20N2O4. The number of carbonyl (C=O) groups is 3. The van der Waals surface area contributed by atoms with E-state index in [0.717, 1.165) is 6.08 Å². The van der Waals surface area contributed by atoms with Crippen LogP contribution in [0.25, 0.3) is 0 Å². The molecule has 0 aromatic rings. The van der Waals surface area contributed by atoms with Crippen LogP contribution in [0.1, 0.15) is 20.8 Å². The number of esters is 1. The number of ether oxygens (including phenoxy) is 1. The van der Waals surface area contributed by atoms with Gasteiger partial charge in [0.25, 0.3) is 0 Å². The molecule has 2 N–H and O–H groups in total. The largest absolute Gasteiger partial charge is 0.466 e. The van der Waals surface area contributed by atoms with Crippen molar-refractivity contribution in [1.29, 1.82) is 0 Å². The lowest BCUT2D eigenvalue weighted by Crippen LogP contribution is -2.39. The molecule has 6 heteroatoms. The van der Waals surface area contributed by atoms with Crippen LogP contribution in [0.15, 0.2) is 12.2 Å². The Morgan fingerprint density at radius 1 is 1.12 bits per heavy atom. The van der Waals surface area contributed by atoms with E-state index in [1.807, 2.05) is 13.8 Å². The van der Waals surface area contributed by atoms with E-state index in [4.69, 9.17) is 0 Å². The molecule has 0 aromatic carbocycles. The summed E-state index contributed by atoms with van der Waals surface area (Å²) in [5.41, 5.74) is 0. The first kappa shape index (κ1) is 17.5. The number of likely N-dealkylation sites (N-methyl/N-ethyl adjacent to an activating group) is 1. The standard InChI is InChI=1S/C9H14N2O4.C2H6/c1-3-10-8(13)9(14)11-6-4-5-7(12)15-2;1-2/h4-5H,3,6H2,1-2H3,(H,10,13)(H,11,14);1-2H3/b5-4+;. The summed E-state index contributed by atoms with van der Waals surface area (Å²) in [5.74, 6) is -1.93. The number of rotatable bonds is 4. The number of carbonyl (C=O) groups excluding carboxylic acids is 3. The Labute approximate surface area is 101 Å². The van der Waals surface area contributed by atoms with Crippen LogP contribution in [-0.4, -0.2) is 38.0 Å². The van der Waals surface area contributed by atoms with Crippen LogP contribution in [0.2, 0.25) is 0 Å². The maximum atomic E-state index is 11.0. The lowest BCUT2D eigenvalue weighted by molar-refractivity contribution is -0.139. The SMILES string of the molecule is CC.CCNC(=O)C(=O)NC/C=C/C(=O)OC. The second kappa shape index (κ2) is 12.2. The topological polar surface area (TPSA) is 84.5 Å². The Hall–Kier alpha value is -1.85. The first-order chi connectivity index (χ1) is 8.11. The van der Waals surface area contributed by atoms with Gasteiger partial charge in [-0.15, -0.1) is 0 Å². The average molecular weight is 244 g/mol. The van der Waals surface area contributed by atoms with E-state index in [9.17, 15) is 14.4 Å². The van der Waals surface area contributed by atoms with Crippen LogP contribution in [0.5, 0.6) is 0 Å². The molecule has 0 saturated heterocycles. The number of hydrogen-bond donors (Lipinski definition) is 2. The first-order valence-corrected chi connectivity index (χ1v) is 5.42. The molecule has 0 atom stereocenters. The highest BCUT2D eigenvalue weighted by Gasteiger charge is 2.09. The Morgan fingerprint density at radius 3 is 2.12 bits per heavy atom. The van der Waals surface area contributed by atoms with E-state index >= 15 is 0 Å². The second-order valence-electron chi connectivity index (χ2n) is 2.50. The summed E-state index contributed by atoms with van der Waals surface area (Å²) >= 11 is 0. The van der Waals surface area contributed by atoms with Gasteiger partial charge in [-0.1, -0.05) is 19.9 Å². The third-order valence-corrected chi connectivity index (χ3v) is 1.38. The molecule has 0 fully saturated rings. The smallest absolute Gasteiger partial charge is 0.330 e. The van der Waals surface area contributed by atoms with Crippen LogP contribution in [0, 0.1) is 0 Å². The molecule has 17 heavy (non-hydrogen) atoms. The molecule has 98 valence electrons. The molecule has 0 spiro atoms. The van der Waals surface area contributed by atoms with Crippen molar-refractivity contribution in [3.05, 3.63) is 12.2 Å². The highest BCUT2D eigenvalue weighted by molar-refractivity contribution is 6.35. The average Bonchev–Trinajstić information content (AvgIpc) is 2.36. The van der Waals surface area contributed by atoms with Gasteiger partial charge in [0.05, 0.1) is 7.11 Å². The molecule has 0 saturated carbocycles. The van der Waals surface area contributed by atoms with Gasteiger partial charge in [0.2, 0.25) is 0 Å². The molecule has 2 amide bonds. The zero-order valence-corrected chi connectivity index (χ0v) is 10.7. The summed E-state index contributed by atoms with van der Waals surface area (Å²) < 4.78 is 4.33. The van der Waals surface area contributed by atoms with Crippen molar-refractivity contribution < 1.29 is 19.1 Å². The van der Waals surface area contributed by atoms with Crippen LogP contribution < -0.4 is 10.6 Å². The van der Waals surface area contributed by atoms with Crippen LogP contribution >= 0.6 is 0 Å². The second-order valence-corrected chi connectivity index (χ2v) is 2.50. The van der Waals surface area contributed by atoms with Crippen molar-refractivity contribution >= 4 is 17.8 Å². The molecule has 0 aliphatic heterocycles. The summed E-state index contributed by atoms with van der Waals surface area (Å²) in [6, 6.07) is 0. The zero-order valence-electron chi connectivity index (χ0n) is 10.7. The van der Waals surface area contributed by atoms with Crippen molar-refractivity contribution in [2.45, 2.75) is 20.8 Å². The highest BCUT2D eigenvalue weighted by Crippen LogP contribution is 1.77. The Balaban J connectivity index is 0. The molecule has 6 nitrogen and oxygen atoms in total. The van der Waals surface area contributed by atoms with E-state index in [-0.39, 0.29) is 6.54 Å². The van der Waals surface area contributed by atoms with Crippen molar-refractivity contribution in [2.75, 3.05) is 20.2 Å². The van der Waals surface area contributed by atoms with Crippen LogP contribution in [-0.2, 0) is 19.1 Å². The Morgan fingerprint density at radius 2 is 1.65 bits per heavy atom. The summed E-state index contributed by atoms with van der Waals surface area (Å²) in [4.78, 5) is 32.5. The number of amides is 2. The lowest BCUT2D eigenvalue weighted by atomic mass is 10.4. The van der Waals surface area contributed by atoms with E-state index in [1.54, 1.807) is 6.92 Å². The minimum Gasteiger partial charge on any atom is -0.466 e. The van der Waals surface area contributed by atoms with Gasteiger partial charge in [0, 0.05) is 19.2 Å². The molecule has 0 aliphatic rings. The van der Waals surface area contributed by atoms with E-state index in [0.29, 0.717) is 6.54 Å². The third kappa shape index (κ3) is 10.4. The third-order valence-electron chi connectivity index (χ3n) is 1.38. The van der Waals surface area contributed by atoms with E-state index < -0.39 is 17.8 Å². The van der Waals surface area contributed by atoms with Crippen molar-refractivity contribution in [2.24, 2.45) is 0 Å². The summed E-state index contributed by atoms with van der Waals surface area (Å²) in [5, 5.41) is 4.64. The number of methoxy groups -OCH3 is 1. The molecule has 0 heterocycles. The molecule has 0 bridgehead atoms.